The van der Waals surface area contributed by atoms with Crippen LogP contribution < -0.4 is 4.74 Å². The van der Waals surface area contributed by atoms with Gasteiger partial charge in [-0.05, 0) is 42.9 Å². The molecule has 3 nitrogen and oxygen atoms in total. The molecule has 1 aliphatic carbocycles. The van der Waals surface area contributed by atoms with Crippen LogP contribution >= 0.6 is 0 Å². The van der Waals surface area contributed by atoms with E-state index < -0.39 is 6.10 Å². The highest BCUT2D eigenvalue weighted by Crippen LogP contribution is 2.27. The van der Waals surface area contributed by atoms with Crippen LogP contribution in [0.25, 0.3) is 0 Å². The van der Waals surface area contributed by atoms with E-state index in [1.807, 2.05) is 24.3 Å². The molecule has 0 saturated heterocycles. The predicted molar refractivity (Wildman–Crippen MR) is 84.6 cm³/mol. The fourth-order valence-corrected chi connectivity index (χ4v) is 2.86. The zero-order chi connectivity index (χ0) is 15.1. The molecule has 118 valence electrons. The minimum Gasteiger partial charge on any atom is -0.494 e. The van der Waals surface area contributed by atoms with Crippen molar-refractivity contribution >= 4 is 0 Å². The molecule has 1 aliphatic rings. The average molecular weight is 292 g/mol. The Morgan fingerprint density at radius 3 is 2.67 bits per heavy atom. The highest BCUT2D eigenvalue weighted by molar-refractivity contribution is 5.28. The molecule has 21 heavy (non-hydrogen) atoms. The van der Waals surface area contributed by atoms with E-state index in [0.717, 1.165) is 43.1 Å². The van der Waals surface area contributed by atoms with Gasteiger partial charge in [0.05, 0.1) is 19.3 Å². The van der Waals surface area contributed by atoms with Gasteiger partial charge in [-0.25, -0.2) is 0 Å². The maximum atomic E-state index is 10.2. The van der Waals surface area contributed by atoms with Crippen LogP contribution in [0.4, 0.5) is 0 Å². The quantitative estimate of drug-likeness (QED) is 0.822. The first-order valence-electron chi connectivity index (χ1n) is 8.21. The lowest BCUT2D eigenvalue weighted by Gasteiger charge is -2.27. The Hall–Kier alpha value is -1.06. The van der Waals surface area contributed by atoms with Gasteiger partial charge in [-0.2, -0.15) is 0 Å². The second-order valence-corrected chi connectivity index (χ2v) is 6.16. The molecule has 0 heterocycles. The Morgan fingerprint density at radius 1 is 1.24 bits per heavy atom. The maximum absolute atomic E-state index is 10.2. The molecule has 2 rings (SSSR count). The summed E-state index contributed by atoms with van der Waals surface area (Å²) in [7, 11) is 0. The van der Waals surface area contributed by atoms with Crippen LogP contribution in [-0.4, -0.2) is 24.4 Å². The van der Waals surface area contributed by atoms with E-state index in [4.69, 9.17) is 9.47 Å². The smallest absolute Gasteiger partial charge is 0.119 e. The molecule has 0 spiro atoms. The average Bonchev–Trinajstić information content (AvgIpc) is 2.51. The molecule has 3 unspecified atom stereocenters. The number of aliphatic hydroxyl groups excluding tert-OH is 1. The van der Waals surface area contributed by atoms with E-state index in [2.05, 4.69) is 13.8 Å². The lowest BCUT2D eigenvalue weighted by Crippen LogP contribution is -2.23. The molecule has 0 radical (unpaired) electrons. The molecule has 1 saturated carbocycles. The Bertz CT molecular complexity index is 401. The highest BCUT2D eigenvalue weighted by Gasteiger charge is 2.20. The molecular weight excluding hydrogens is 264 g/mol. The third-order valence-electron chi connectivity index (χ3n) is 4.12. The number of benzene rings is 1. The second kappa shape index (κ2) is 8.40. The lowest BCUT2D eigenvalue weighted by atomic mass is 9.89. The third-order valence-corrected chi connectivity index (χ3v) is 4.12. The summed E-state index contributed by atoms with van der Waals surface area (Å²) in [6.45, 7) is 5.47. The minimum absolute atomic E-state index is 0.315. The molecule has 1 aromatic rings. The molecule has 0 bridgehead atoms. The van der Waals surface area contributed by atoms with Crippen molar-refractivity contribution in [3.63, 3.8) is 0 Å². The molecule has 3 heteroatoms. The summed E-state index contributed by atoms with van der Waals surface area (Å²) in [6.07, 6.45) is 5.56. The van der Waals surface area contributed by atoms with Gasteiger partial charge in [0, 0.05) is 0 Å². The van der Waals surface area contributed by atoms with Crippen LogP contribution in [0.5, 0.6) is 5.75 Å². The first kappa shape index (κ1) is 16.3. The summed E-state index contributed by atoms with van der Waals surface area (Å²) in [5, 5.41) is 10.2. The van der Waals surface area contributed by atoms with Crippen molar-refractivity contribution in [3.8, 4) is 5.75 Å². The normalized spacial score (nSPS) is 23.8. The fourth-order valence-electron chi connectivity index (χ4n) is 2.86. The van der Waals surface area contributed by atoms with Gasteiger partial charge in [0.1, 0.15) is 11.9 Å². The number of ether oxygens (including phenoxy) is 2. The second-order valence-electron chi connectivity index (χ2n) is 6.16. The number of aliphatic hydroxyl groups is 1. The monoisotopic (exact) mass is 292 g/mol. The van der Waals surface area contributed by atoms with Gasteiger partial charge in [-0.1, -0.05) is 38.8 Å². The fraction of sp³-hybridized carbons (Fsp3) is 0.667. The van der Waals surface area contributed by atoms with E-state index in [-0.39, 0.29) is 0 Å². The summed E-state index contributed by atoms with van der Waals surface area (Å²) in [6, 6.07) is 7.67. The molecule has 0 aliphatic heterocycles. The minimum atomic E-state index is -0.553. The van der Waals surface area contributed by atoms with Gasteiger partial charge in [0.15, 0.2) is 0 Å². The van der Waals surface area contributed by atoms with Crippen molar-refractivity contribution in [2.75, 3.05) is 13.2 Å². The zero-order valence-electron chi connectivity index (χ0n) is 13.3. The van der Waals surface area contributed by atoms with Crippen molar-refractivity contribution in [1.29, 1.82) is 0 Å². The molecule has 1 fully saturated rings. The van der Waals surface area contributed by atoms with Gasteiger partial charge in [-0.15, -0.1) is 0 Å². The Labute approximate surface area is 128 Å². The van der Waals surface area contributed by atoms with Crippen LogP contribution in [0.2, 0.25) is 0 Å². The third kappa shape index (κ3) is 5.33. The number of hydrogen-bond donors (Lipinski definition) is 1. The van der Waals surface area contributed by atoms with E-state index in [1.165, 1.54) is 12.8 Å². The number of hydrogen-bond acceptors (Lipinski definition) is 3. The summed E-state index contributed by atoms with van der Waals surface area (Å²) in [5.74, 6) is 1.60. The summed E-state index contributed by atoms with van der Waals surface area (Å²) < 4.78 is 11.4. The topological polar surface area (TPSA) is 38.7 Å². The predicted octanol–water partition coefficient (Wildman–Crippen LogP) is 4.10. The summed E-state index contributed by atoms with van der Waals surface area (Å²) >= 11 is 0. The maximum Gasteiger partial charge on any atom is 0.119 e. The van der Waals surface area contributed by atoms with Crippen LogP contribution in [-0.2, 0) is 4.74 Å². The molecule has 1 aromatic carbocycles. The molecule has 3 atom stereocenters. The van der Waals surface area contributed by atoms with Crippen molar-refractivity contribution in [2.24, 2.45) is 5.92 Å². The largest absolute Gasteiger partial charge is 0.494 e. The van der Waals surface area contributed by atoms with Crippen LogP contribution in [0.3, 0.4) is 0 Å². The molecule has 0 aromatic heterocycles. The van der Waals surface area contributed by atoms with Crippen LogP contribution in [0, 0.1) is 5.92 Å². The number of rotatable bonds is 7. The Morgan fingerprint density at radius 2 is 2.00 bits per heavy atom. The van der Waals surface area contributed by atoms with E-state index in [1.54, 1.807) is 0 Å². The van der Waals surface area contributed by atoms with E-state index in [9.17, 15) is 5.11 Å². The van der Waals surface area contributed by atoms with E-state index >= 15 is 0 Å². The van der Waals surface area contributed by atoms with Crippen molar-refractivity contribution in [3.05, 3.63) is 29.8 Å². The Kier molecular flexibility index (Phi) is 6.52. The first-order chi connectivity index (χ1) is 10.2. The lowest BCUT2D eigenvalue weighted by molar-refractivity contribution is -0.0322. The Balaban J connectivity index is 1.78. The van der Waals surface area contributed by atoms with Crippen molar-refractivity contribution < 1.29 is 14.6 Å². The highest BCUT2D eigenvalue weighted by atomic mass is 16.5. The summed E-state index contributed by atoms with van der Waals surface area (Å²) in [4.78, 5) is 0. The van der Waals surface area contributed by atoms with Crippen molar-refractivity contribution in [2.45, 2.75) is 58.2 Å². The van der Waals surface area contributed by atoms with Crippen LogP contribution in [0.1, 0.15) is 57.6 Å². The summed E-state index contributed by atoms with van der Waals surface area (Å²) in [5.41, 5.74) is 0.891. The molecular formula is C18H28O3. The van der Waals surface area contributed by atoms with Gasteiger partial charge < -0.3 is 14.6 Å². The molecule has 0 amide bonds. The first-order valence-corrected chi connectivity index (χ1v) is 8.21. The van der Waals surface area contributed by atoms with Crippen molar-refractivity contribution in [1.82, 2.24) is 0 Å². The zero-order valence-corrected chi connectivity index (χ0v) is 13.3. The van der Waals surface area contributed by atoms with Gasteiger partial charge >= 0.3 is 0 Å². The van der Waals surface area contributed by atoms with Crippen LogP contribution in [0.15, 0.2) is 24.3 Å². The van der Waals surface area contributed by atoms with Gasteiger partial charge in [0.2, 0.25) is 0 Å². The molecule has 1 N–H and O–H groups in total. The SMILES string of the molecule is CCCOc1ccc(C(O)COC2CCCC(C)C2)cc1. The van der Waals surface area contributed by atoms with Gasteiger partial charge in [0.25, 0.3) is 0 Å². The standard InChI is InChI=1S/C18H28O3/c1-3-11-20-16-9-7-15(8-10-16)18(19)13-21-17-6-4-5-14(2)12-17/h7-10,14,17-19H,3-6,11-13H2,1-2H3. The van der Waals surface area contributed by atoms with E-state index in [0.29, 0.717) is 12.7 Å². The van der Waals surface area contributed by atoms with Gasteiger partial charge in [-0.3, -0.25) is 0 Å².